The van der Waals surface area contributed by atoms with Gasteiger partial charge in [0.15, 0.2) is 5.76 Å². The zero-order valence-electron chi connectivity index (χ0n) is 15.7. The molecule has 1 atom stereocenters. The summed E-state index contributed by atoms with van der Waals surface area (Å²) < 4.78 is 18.2. The zero-order chi connectivity index (χ0) is 20.1. The predicted octanol–water partition coefficient (Wildman–Crippen LogP) is 3.57. The van der Waals surface area contributed by atoms with Crippen LogP contribution in [0.2, 0.25) is 0 Å². The summed E-state index contributed by atoms with van der Waals surface area (Å²) in [6.07, 6.45) is 3.98. The number of likely N-dealkylation sites (tertiary alicyclic amines) is 1. The SMILES string of the molecule is Cc1cc(F)ccc1NC(=O)CC[C@@H]1CCCN(C(=O)C(=O)c2ccco2)C1. The van der Waals surface area contributed by atoms with Gasteiger partial charge in [-0.05, 0) is 68.0 Å². The lowest BCUT2D eigenvalue weighted by Gasteiger charge is -2.32. The van der Waals surface area contributed by atoms with Gasteiger partial charge in [-0.3, -0.25) is 14.4 Å². The van der Waals surface area contributed by atoms with Crippen LogP contribution in [-0.4, -0.2) is 35.6 Å². The first-order valence-electron chi connectivity index (χ1n) is 9.37. The lowest BCUT2D eigenvalue weighted by atomic mass is 9.93. The Morgan fingerprint density at radius 1 is 1.29 bits per heavy atom. The van der Waals surface area contributed by atoms with E-state index in [1.807, 2.05) is 0 Å². The first-order chi connectivity index (χ1) is 13.4. The molecule has 6 nitrogen and oxygen atoms in total. The minimum absolute atomic E-state index is 0.0427. The molecule has 2 amide bonds. The molecule has 1 aliphatic rings. The van der Waals surface area contributed by atoms with E-state index in [9.17, 15) is 18.8 Å². The monoisotopic (exact) mass is 386 g/mol. The van der Waals surface area contributed by atoms with Gasteiger partial charge < -0.3 is 14.6 Å². The molecule has 1 aromatic heterocycles. The highest BCUT2D eigenvalue weighted by Crippen LogP contribution is 2.23. The fraction of sp³-hybridized carbons (Fsp3) is 0.381. The number of benzene rings is 1. The second kappa shape index (κ2) is 8.82. The van der Waals surface area contributed by atoms with Crippen LogP contribution in [-0.2, 0) is 9.59 Å². The number of rotatable bonds is 6. The molecule has 0 unspecified atom stereocenters. The van der Waals surface area contributed by atoms with E-state index in [4.69, 9.17) is 4.42 Å². The molecule has 1 aromatic carbocycles. The van der Waals surface area contributed by atoms with Gasteiger partial charge in [-0.15, -0.1) is 0 Å². The van der Waals surface area contributed by atoms with E-state index in [1.165, 1.54) is 24.5 Å². The molecule has 0 saturated carbocycles. The Morgan fingerprint density at radius 3 is 2.82 bits per heavy atom. The maximum atomic E-state index is 13.1. The first kappa shape index (κ1) is 19.8. The van der Waals surface area contributed by atoms with Crippen molar-refractivity contribution in [1.82, 2.24) is 4.90 Å². The number of hydrogen-bond acceptors (Lipinski definition) is 4. The van der Waals surface area contributed by atoms with Crippen LogP contribution < -0.4 is 5.32 Å². The standard InChI is InChI=1S/C21H23FN2O4/c1-14-12-16(22)7-8-17(14)23-19(25)9-6-15-4-2-10-24(13-15)21(27)20(26)18-5-3-11-28-18/h3,5,7-8,11-12,15H,2,4,6,9-10,13H2,1H3,(H,23,25)/t15-/m0/s1. The molecule has 0 radical (unpaired) electrons. The van der Waals surface area contributed by atoms with Gasteiger partial charge in [-0.1, -0.05) is 0 Å². The molecule has 148 valence electrons. The predicted molar refractivity (Wildman–Crippen MR) is 101 cm³/mol. The second-order valence-corrected chi connectivity index (χ2v) is 7.11. The molecular weight excluding hydrogens is 363 g/mol. The fourth-order valence-corrected chi connectivity index (χ4v) is 3.46. The molecule has 3 rings (SSSR count). The molecule has 28 heavy (non-hydrogen) atoms. The van der Waals surface area contributed by atoms with E-state index in [-0.39, 0.29) is 23.4 Å². The second-order valence-electron chi connectivity index (χ2n) is 7.11. The average Bonchev–Trinajstić information content (AvgIpc) is 3.22. The summed E-state index contributed by atoms with van der Waals surface area (Å²) in [5, 5.41) is 2.80. The van der Waals surface area contributed by atoms with Crippen molar-refractivity contribution in [2.45, 2.75) is 32.6 Å². The lowest BCUT2D eigenvalue weighted by Crippen LogP contribution is -2.43. The Labute approximate surface area is 162 Å². The van der Waals surface area contributed by atoms with Crippen molar-refractivity contribution in [2.75, 3.05) is 18.4 Å². The summed E-state index contributed by atoms with van der Waals surface area (Å²) in [5.74, 6) is -1.50. The smallest absolute Gasteiger partial charge is 0.298 e. The summed E-state index contributed by atoms with van der Waals surface area (Å²) in [6, 6.07) is 7.27. The third kappa shape index (κ3) is 4.85. The molecule has 1 aliphatic heterocycles. The topological polar surface area (TPSA) is 79.6 Å². The van der Waals surface area contributed by atoms with Gasteiger partial charge in [0.2, 0.25) is 5.91 Å². The molecule has 2 heterocycles. The van der Waals surface area contributed by atoms with Gasteiger partial charge in [0, 0.05) is 25.2 Å². The maximum Gasteiger partial charge on any atom is 0.298 e. The van der Waals surface area contributed by atoms with E-state index in [0.29, 0.717) is 37.2 Å². The molecule has 7 heteroatoms. The number of Topliss-reactive ketones (excluding diaryl/α,β-unsaturated/α-hetero) is 1. The minimum atomic E-state index is -0.643. The van der Waals surface area contributed by atoms with Gasteiger partial charge in [0.1, 0.15) is 5.82 Å². The van der Waals surface area contributed by atoms with Crippen molar-refractivity contribution < 1.29 is 23.2 Å². The van der Waals surface area contributed by atoms with E-state index in [0.717, 1.165) is 12.8 Å². The van der Waals surface area contributed by atoms with Crippen LogP contribution in [0.1, 0.15) is 41.8 Å². The third-order valence-corrected chi connectivity index (χ3v) is 4.99. The average molecular weight is 386 g/mol. The molecule has 1 N–H and O–H groups in total. The molecule has 0 bridgehead atoms. The van der Waals surface area contributed by atoms with Crippen molar-refractivity contribution in [1.29, 1.82) is 0 Å². The number of amides is 2. The number of halogens is 1. The van der Waals surface area contributed by atoms with Gasteiger partial charge in [0.25, 0.3) is 11.7 Å². The maximum absolute atomic E-state index is 13.1. The highest BCUT2D eigenvalue weighted by atomic mass is 19.1. The molecule has 0 aliphatic carbocycles. The van der Waals surface area contributed by atoms with Crippen LogP contribution in [0.5, 0.6) is 0 Å². The van der Waals surface area contributed by atoms with Gasteiger partial charge in [0.05, 0.1) is 6.26 Å². The van der Waals surface area contributed by atoms with E-state index >= 15 is 0 Å². The fourth-order valence-electron chi connectivity index (χ4n) is 3.46. The van der Waals surface area contributed by atoms with Crippen LogP contribution in [0.3, 0.4) is 0 Å². The number of carbonyl (C=O) groups is 3. The Balaban J connectivity index is 1.50. The summed E-state index contributed by atoms with van der Waals surface area (Å²) in [4.78, 5) is 38.3. The Bertz CT molecular complexity index is 863. The van der Waals surface area contributed by atoms with Crippen molar-refractivity contribution >= 4 is 23.3 Å². The van der Waals surface area contributed by atoms with Crippen molar-refractivity contribution in [3.8, 4) is 0 Å². The van der Waals surface area contributed by atoms with E-state index in [1.54, 1.807) is 24.0 Å². The Kier molecular flexibility index (Phi) is 6.23. The van der Waals surface area contributed by atoms with E-state index < -0.39 is 11.7 Å². The Hall–Kier alpha value is -2.96. The largest absolute Gasteiger partial charge is 0.461 e. The van der Waals surface area contributed by atoms with Crippen LogP contribution in [0, 0.1) is 18.7 Å². The van der Waals surface area contributed by atoms with Crippen molar-refractivity contribution in [3.05, 3.63) is 53.7 Å². The molecule has 1 fully saturated rings. The van der Waals surface area contributed by atoms with Crippen molar-refractivity contribution in [3.63, 3.8) is 0 Å². The quantitative estimate of drug-likeness (QED) is 0.608. The summed E-state index contributed by atoms with van der Waals surface area (Å²) in [6.45, 7) is 2.72. The number of nitrogens with one attached hydrogen (secondary N) is 1. The number of hydrogen-bond donors (Lipinski definition) is 1. The van der Waals surface area contributed by atoms with Crippen LogP contribution in [0.25, 0.3) is 0 Å². The molecule has 1 saturated heterocycles. The summed E-state index contributed by atoms with van der Waals surface area (Å²) in [5.41, 5.74) is 1.26. The third-order valence-electron chi connectivity index (χ3n) is 4.99. The minimum Gasteiger partial charge on any atom is -0.461 e. The first-order valence-corrected chi connectivity index (χ1v) is 9.37. The number of aryl methyl sites for hydroxylation is 1. The van der Waals surface area contributed by atoms with Crippen LogP contribution in [0.15, 0.2) is 41.0 Å². The molecular formula is C21H23FN2O4. The lowest BCUT2D eigenvalue weighted by molar-refractivity contribution is -0.128. The number of anilines is 1. The van der Waals surface area contributed by atoms with Crippen molar-refractivity contribution in [2.24, 2.45) is 5.92 Å². The number of furan rings is 1. The number of ketones is 1. The number of carbonyl (C=O) groups excluding carboxylic acids is 3. The van der Waals surface area contributed by atoms with E-state index in [2.05, 4.69) is 5.32 Å². The normalized spacial score (nSPS) is 16.6. The Morgan fingerprint density at radius 2 is 2.11 bits per heavy atom. The number of nitrogens with zero attached hydrogens (tertiary/aromatic N) is 1. The summed E-state index contributed by atoms with van der Waals surface area (Å²) in [7, 11) is 0. The number of piperidine rings is 1. The molecule has 0 spiro atoms. The van der Waals surface area contributed by atoms with Gasteiger partial charge >= 0.3 is 0 Å². The summed E-state index contributed by atoms with van der Waals surface area (Å²) >= 11 is 0. The van der Waals surface area contributed by atoms with Gasteiger partial charge in [-0.25, -0.2) is 4.39 Å². The highest BCUT2D eigenvalue weighted by Gasteiger charge is 2.29. The molecule has 2 aromatic rings. The zero-order valence-corrected chi connectivity index (χ0v) is 15.7. The highest BCUT2D eigenvalue weighted by molar-refractivity contribution is 6.41. The van der Waals surface area contributed by atoms with Crippen LogP contribution in [0.4, 0.5) is 10.1 Å². The van der Waals surface area contributed by atoms with Crippen LogP contribution >= 0.6 is 0 Å². The van der Waals surface area contributed by atoms with Gasteiger partial charge in [-0.2, -0.15) is 0 Å².